The van der Waals surface area contributed by atoms with Gasteiger partial charge in [-0.3, -0.25) is 4.98 Å². The number of nitrogens with one attached hydrogen (secondary N) is 2. The van der Waals surface area contributed by atoms with Gasteiger partial charge in [-0.2, -0.15) is 0 Å². The SMILES string of the molecule is CC(=N)c1nc(CC2CCNCC2)ccc1C. The van der Waals surface area contributed by atoms with Crippen LogP contribution in [0.3, 0.4) is 0 Å². The molecule has 0 amide bonds. The molecule has 3 nitrogen and oxygen atoms in total. The van der Waals surface area contributed by atoms with Crippen LogP contribution in [0.5, 0.6) is 0 Å². The van der Waals surface area contributed by atoms with Crippen LogP contribution < -0.4 is 5.32 Å². The van der Waals surface area contributed by atoms with E-state index in [1.54, 1.807) is 0 Å². The number of aromatic nitrogens is 1. The first-order valence-corrected chi connectivity index (χ1v) is 6.39. The average Bonchev–Trinajstić information content (AvgIpc) is 2.32. The maximum atomic E-state index is 7.72. The molecule has 1 saturated heterocycles. The lowest BCUT2D eigenvalue weighted by Crippen LogP contribution is -2.28. The lowest BCUT2D eigenvalue weighted by Gasteiger charge is -2.22. The first-order chi connectivity index (χ1) is 8.16. The predicted molar refractivity (Wildman–Crippen MR) is 70.8 cm³/mol. The molecule has 1 aromatic rings. The normalized spacial score (nSPS) is 17.1. The monoisotopic (exact) mass is 231 g/mol. The van der Waals surface area contributed by atoms with Crippen LogP contribution in [-0.4, -0.2) is 23.8 Å². The fraction of sp³-hybridized carbons (Fsp3) is 0.571. The fourth-order valence-corrected chi connectivity index (χ4v) is 2.44. The molecule has 2 N–H and O–H groups in total. The van der Waals surface area contributed by atoms with E-state index in [9.17, 15) is 0 Å². The van der Waals surface area contributed by atoms with Crippen molar-refractivity contribution in [2.75, 3.05) is 13.1 Å². The summed E-state index contributed by atoms with van der Waals surface area (Å²) in [6, 6.07) is 4.21. The molecule has 3 heteroatoms. The van der Waals surface area contributed by atoms with Gasteiger partial charge in [0.05, 0.1) is 11.4 Å². The van der Waals surface area contributed by atoms with Crippen LogP contribution in [0, 0.1) is 18.3 Å². The topological polar surface area (TPSA) is 48.8 Å². The van der Waals surface area contributed by atoms with Crippen LogP contribution in [0.15, 0.2) is 12.1 Å². The molecule has 0 unspecified atom stereocenters. The Morgan fingerprint density at radius 3 is 2.76 bits per heavy atom. The lowest BCUT2D eigenvalue weighted by molar-refractivity contribution is 0.370. The van der Waals surface area contributed by atoms with E-state index in [-0.39, 0.29) is 0 Å². The number of nitrogens with zero attached hydrogens (tertiary/aromatic N) is 1. The Labute approximate surface area is 103 Å². The van der Waals surface area contributed by atoms with Crippen molar-refractivity contribution in [2.45, 2.75) is 33.1 Å². The Hall–Kier alpha value is -1.22. The van der Waals surface area contributed by atoms with Crippen molar-refractivity contribution in [1.82, 2.24) is 10.3 Å². The van der Waals surface area contributed by atoms with E-state index in [1.807, 2.05) is 13.8 Å². The van der Waals surface area contributed by atoms with Gasteiger partial charge in [-0.1, -0.05) is 6.07 Å². The minimum Gasteiger partial charge on any atom is -0.317 e. The van der Waals surface area contributed by atoms with E-state index in [0.717, 1.165) is 42.4 Å². The van der Waals surface area contributed by atoms with Crippen LogP contribution in [0.4, 0.5) is 0 Å². The van der Waals surface area contributed by atoms with Crippen molar-refractivity contribution in [2.24, 2.45) is 5.92 Å². The maximum Gasteiger partial charge on any atom is 0.0866 e. The van der Waals surface area contributed by atoms with Crippen molar-refractivity contribution < 1.29 is 0 Å². The third-order valence-electron chi connectivity index (χ3n) is 3.47. The van der Waals surface area contributed by atoms with E-state index >= 15 is 0 Å². The highest BCUT2D eigenvalue weighted by atomic mass is 14.9. The molecule has 17 heavy (non-hydrogen) atoms. The molecule has 1 fully saturated rings. The summed E-state index contributed by atoms with van der Waals surface area (Å²) in [6.07, 6.45) is 3.55. The zero-order chi connectivity index (χ0) is 12.3. The number of aryl methyl sites for hydroxylation is 1. The minimum atomic E-state index is 0.565. The molecule has 0 spiro atoms. The van der Waals surface area contributed by atoms with Gasteiger partial charge in [-0.15, -0.1) is 0 Å². The van der Waals surface area contributed by atoms with E-state index in [1.165, 1.54) is 12.8 Å². The van der Waals surface area contributed by atoms with Gasteiger partial charge < -0.3 is 10.7 Å². The first-order valence-electron chi connectivity index (χ1n) is 6.39. The second-order valence-electron chi connectivity index (χ2n) is 4.99. The van der Waals surface area contributed by atoms with Gasteiger partial charge in [-0.25, -0.2) is 0 Å². The maximum absolute atomic E-state index is 7.72. The number of rotatable bonds is 3. The van der Waals surface area contributed by atoms with Crippen LogP contribution in [0.25, 0.3) is 0 Å². The predicted octanol–water partition coefficient (Wildman–Crippen LogP) is 2.32. The van der Waals surface area contributed by atoms with Gasteiger partial charge >= 0.3 is 0 Å². The van der Waals surface area contributed by atoms with Crippen LogP contribution in [-0.2, 0) is 6.42 Å². The van der Waals surface area contributed by atoms with Gasteiger partial charge in [0, 0.05) is 5.69 Å². The molecular weight excluding hydrogens is 210 g/mol. The van der Waals surface area contributed by atoms with Gasteiger partial charge in [0.15, 0.2) is 0 Å². The molecule has 0 aromatic carbocycles. The van der Waals surface area contributed by atoms with Crippen LogP contribution in [0.2, 0.25) is 0 Å². The van der Waals surface area contributed by atoms with Crippen molar-refractivity contribution in [3.8, 4) is 0 Å². The van der Waals surface area contributed by atoms with Crippen molar-refractivity contribution >= 4 is 5.71 Å². The summed E-state index contributed by atoms with van der Waals surface area (Å²) in [4.78, 5) is 4.62. The molecule has 0 aliphatic carbocycles. The van der Waals surface area contributed by atoms with Crippen molar-refractivity contribution in [1.29, 1.82) is 5.41 Å². The molecule has 1 aliphatic rings. The Morgan fingerprint density at radius 2 is 2.12 bits per heavy atom. The fourth-order valence-electron chi connectivity index (χ4n) is 2.44. The molecule has 92 valence electrons. The number of piperidine rings is 1. The Kier molecular flexibility index (Phi) is 3.89. The second kappa shape index (κ2) is 5.41. The molecule has 1 aliphatic heterocycles. The third kappa shape index (κ3) is 3.13. The average molecular weight is 231 g/mol. The Balaban J connectivity index is 2.10. The third-order valence-corrected chi connectivity index (χ3v) is 3.47. The van der Waals surface area contributed by atoms with E-state index in [4.69, 9.17) is 5.41 Å². The van der Waals surface area contributed by atoms with Gasteiger partial charge in [0.2, 0.25) is 0 Å². The first kappa shape index (κ1) is 12.2. The summed E-state index contributed by atoms with van der Waals surface area (Å²) >= 11 is 0. The van der Waals surface area contributed by atoms with Crippen LogP contribution in [0.1, 0.15) is 36.7 Å². The van der Waals surface area contributed by atoms with Gasteiger partial charge in [0.1, 0.15) is 0 Å². The van der Waals surface area contributed by atoms with Gasteiger partial charge in [0.25, 0.3) is 0 Å². The van der Waals surface area contributed by atoms with Crippen molar-refractivity contribution in [3.63, 3.8) is 0 Å². The summed E-state index contributed by atoms with van der Waals surface area (Å²) in [6.45, 7) is 6.10. The number of pyridine rings is 1. The van der Waals surface area contributed by atoms with Crippen molar-refractivity contribution in [3.05, 3.63) is 29.1 Å². The lowest BCUT2D eigenvalue weighted by atomic mass is 9.92. The molecule has 2 rings (SSSR count). The number of hydrogen-bond acceptors (Lipinski definition) is 3. The van der Waals surface area contributed by atoms with Gasteiger partial charge in [-0.05, 0) is 63.7 Å². The summed E-state index contributed by atoms with van der Waals surface area (Å²) in [7, 11) is 0. The summed E-state index contributed by atoms with van der Waals surface area (Å²) in [5, 5.41) is 11.1. The number of hydrogen-bond donors (Lipinski definition) is 2. The van der Waals surface area contributed by atoms with E-state index in [0.29, 0.717) is 5.71 Å². The minimum absolute atomic E-state index is 0.565. The highest BCUT2D eigenvalue weighted by Crippen LogP contribution is 2.18. The second-order valence-corrected chi connectivity index (χ2v) is 4.99. The Morgan fingerprint density at radius 1 is 1.41 bits per heavy atom. The van der Waals surface area contributed by atoms with E-state index in [2.05, 4.69) is 22.4 Å². The van der Waals surface area contributed by atoms with Crippen LogP contribution >= 0.6 is 0 Å². The highest BCUT2D eigenvalue weighted by molar-refractivity contribution is 5.95. The molecule has 0 atom stereocenters. The zero-order valence-electron chi connectivity index (χ0n) is 10.7. The smallest absolute Gasteiger partial charge is 0.0866 e. The summed E-state index contributed by atoms with van der Waals surface area (Å²) < 4.78 is 0. The molecule has 2 heterocycles. The molecule has 0 bridgehead atoms. The quantitative estimate of drug-likeness (QED) is 0.784. The molecule has 1 aromatic heterocycles. The molecule has 0 saturated carbocycles. The van der Waals surface area contributed by atoms with E-state index < -0.39 is 0 Å². The summed E-state index contributed by atoms with van der Waals surface area (Å²) in [5.41, 5.74) is 3.67. The summed E-state index contributed by atoms with van der Waals surface area (Å²) in [5.74, 6) is 0.755. The zero-order valence-corrected chi connectivity index (χ0v) is 10.7. The largest absolute Gasteiger partial charge is 0.317 e. The molecular formula is C14H21N3. The molecule has 0 radical (unpaired) electrons. The highest BCUT2D eigenvalue weighted by Gasteiger charge is 2.15. The standard InChI is InChI=1S/C14H21N3/c1-10-3-4-13(17-14(10)11(2)15)9-12-5-7-16-8-6-12/h3-4,12,15-16H,5-9H2,1-2H3. The Bertz CT molecular complexity index is 406.